The van der Waals surface area contributed by atoms with Gasteiger partial charge in [-0.05, 0) is 31.9 Å². The summed E-state index contributed by atoms with van der Waals surface area (Å²) in [5.74, 6) is 0.141. The Labute approximate surface area is 113 Å². The predicted molar refractivity (Wildman–Crippen MR) is 73.8 cm³/mol. The highest BCUT2D eigenvalue weighted by Crippen LogP contribution is 2.40. The molecule has 2 N–H and O–H groups in total. The summed E-state index contributed by atoms with van der Waals surface area (Å²) < 4.78 is 0. The van der Waals surface area contributed by atoms with Crippen molar-refractivity contribution in [3.63, 3.8) is 0 Å². The zero-order valence-electron chi connectivity index (χ0n) is 10.4. The third-order valence-electron chi connectivity index (χ3n) is 3.04. The first kappa shape index (κ1) is 12.1. The Morgan fingerprint density at radius 1 is 1.47 bits per heavy atom. The van der Waals surface area contributed by atoms with Crippen LogP contribution in [0, 0.1) is 6.92 Å². The predicted octanol–water partition coefficient (Wildman–Crippen LogP) is 2.27. The van der Waals surface area contributed by atoms with Gasteiger partial charge in [0.05, 0.1) is 5.69 Å². The molecule has 6 heteroatoms. The molecular weight excluding hydrogens is 262 g/mol. The Morgan fingerprint density at radius 2 is 2.26 bits per heavy atom. The number of carbonyl (C=O) groups is 1. The maximum absolute atomic E-state index is 12.0. The maximum atomic E-state index is 12.0. The molecule has 0 unspecified atom stereocenters. The molecule has 0 spiro atoms. The van der Waals surface area contributed by atoms with Gasteiger partial charge in [0.25, 0.3) is 11.5 Å². The van der Waals surface area contributed by atoms with Gasteiger partial charge in [-0.15, -0.1) is 11.3 Å². The molecule has 1 aliphatic rings. The Morgan fingerprint density at radius 3 is 2.95 bits per heavy atom. The quantitative estimate of drug-likeness (QED) is 0.902. The number of H-pyrrole nitrogens is 1. The van der Waals surface area contributed by atoms with E-state index in [4.69, 9.17) is 0 Å². The molecule has 1 saturated carbocycles. The van der Waals surface area contributed by atoms with E-state index in [-0.39, 0.29) is 11.1 Å². The van der Waals surface area contributed by atoms with Crippen molar-refractivity contribution in [3.05, 3.63) is 44.8 Å². The normalized spacial score (nSPS) is 14.4. The lowest BCUT2D eigenvalue weighted by Crippen LogP contribution is -2.23. The van der Waals surface area contributed by atoms with Crippen LogP contribution in [-0.2, 0) is 0 Å². The van der Waals surface area contributed by atoms with Crippen LogP contribution in [0.2, 0.25) is 0 Å². The largest absolute Gasteiger partial charge is 0.326 e. The number of aryl methyl sites for hydroxylation is 1. The molecular formula is C13H13N3O2S. The van der Waals surface area contributed by atoms with Crippen LogP contribution >= 0.6 is 11.3 Å². The van der Waals surface area contributed by atoms with Crippen LogP contribution in [0.15, 0.2) is 22.3 Å². The minimum atomic E-state index is -0.419. The monoisotopic (exact) mass is 275 g/mol. The molecule has 5 nitrogen and oxygen atoms in total. The number of nitrogens with one attached hydrogen (secondary N) is 2. The van der Waals surface area contributed by atoms with E-state index in [1.165, 1.54) is 30.2 Å². The van der Waals surface area contributed by atoms with Gasteiger partial charge in [-0.3, -0.25) is 14.9 Å². The fourth-order valence-corrected chi connectivity index (χ4v) is 2.61. The van der Waals surface area contributed by atoms with E-state index < -0.39 is 5.91 Å². The van der Waals surface area contributed by atoms with Gasteiger partial charge in [0.15, 0.2) is 5.13 Å². The van der Waals surface area contributed by atoms with E-state index >= 15 is 0 Å². The Balaban J connectivity index is 1.78. The lowest BCUT2D eigenvalue weighted by Gasteiger charge is -2.01. The second-order valence-electron chi connectivity index (χ2n) is 4.69. The number of carbonyl (C=O) groups excluding carboxylic acids is 1. The highest BCUT2D eigenvalue weighted by molar-refractivity contribution is 7.14. The van der Waals surface area contributed by atoms with Gasteiger partial charge in [0.2, 0.25) is 0 Å². The minimum absolute atomic E-state index is 0.105. The summed E-state index contributed by atoms with van der Waals surface area (Å²) in [7, 11) is 0. The Kier molecular flexibility index (Phi) is 2.94. The highest BCUT2D eigenvalue weighted by atomic mass is 32.1. The van der Waals surface area contributed by atoms with E-state index in [2.05, 4.69) is 15.3 Å². The van der Waals surface area contributed by atoms with Gasteiger partial charge in [0, 0.05) is 17.0 Å². The zero-order chi connectivity index (χ0) is 13.4. The SMILES string of the molecule is Cc1ccc(C(=O)Nc2nc(C3CC3)cs2)c(=O)[nH]1. The number of hydrogen-bond donors (Lipinski definition) is 2. The average molecular weight is 275 g/mol. The summed E-state index contributed by atoms with van der Waals surface area (Å²) in [5.41, 5.74) is 1.50. The Hall–Kier alpha value is -1.95. The van der Waals surface area contributed by atoms with Crippen molar-refractivity contribution in [2.75, 3.05) is 5.32 Å². The maximum Gasteiger partial charge on any atom is 0.263 e. The topological polar surface area (TPSA) is 74.8 Å². The minimum Gasteiger partial charge on any atom is -0.326 e. The fourth-order valence-electron chi connectivity index (χ4n) is 1.83. The van der Waals surface area contributed by atoms with Crippen LogP contribution in [0.5, 0.6) is 0 Å². The molecule has 1 fully saturated rings. The first-order chi connectivity index (χ1) is 9.13. The van der Waals surface area contributed by atoms with Crippen molar-refractivity contribution in [2.45, 2.75) is 25.7 Å². The van der Waals surface area contributed by atoms with Crippen molar-refractivity contribution in [3.8, 4) is 0 Å². The summed E-state index contributed by atoms with van der Waals surface area (Å²) in [6, 6.07) is 3.23. The van der Waals surface area contributed by atoms with Crippen molar-refractivity contribution >= 4 is 22.4 Å². The Bertz CT molecular complexity index is 685. The summed E-state index contributed by atoms with van der Waals surface area (Å²) in [4.78, 5) is 30.6. The number of pyridine rings is 1. The van der Waals surface area contributed by atoms with Crippen molar-refractivity contribution in [2.24, 2.45) is 0 Å². The molecule has 1 amide bonds. The molecule has 2 heterocycles. The number of amides is 1. The first-order valence-electron chi connectivity index (χ1n) is 6.10. The number of hydrogen-bond acceptors (Lipinski definition) is 4. The average Bonchev–Trinajstić information content (AvgIpc) is 3.10. The van der Waals surface area contributed by atoms with Crippen LogP contribution in [0.3, 0.4) is 0 Å². The molecule has 3 rings (SSSR count). The van der Waals surface area contributed by atoms with Crippen LogP contribution in [0.4, 0.5) is 5.13 Å². The summed E-state index contributed by atoms with van der Waals surface area (Å²) >= 11 is 1.39. The zero-order valence-corrected chi connectivity index (χ0v) is 11.2. The van der Waals surface area contributed by atoms with Crippen LogP contribution in [-0.4, -0.2) is 15.9 Å². The van der Waals surface area contributed by atoms with Crippen molar-refractivity contribution in [1.82, 2.24) is 9.97 Å². The van der Waals surface area contributed by atoms with E-state index in [0.29, 0.717) is 11.0 Å². The molecule has 2 aromatic heterocycles. The van der Waals surface area contributed by atoms with E-state index in [1.807, 2.05) is 5.38 Å². The van der Waals surface area contributed by atoms with Gasteiger partial charge in [-0.25, -0.2) is 4.98 Å². The van der Waals surface area contributed by atoms with E-state index in [9.17, 15) is 9.59 Å². The highest BCUT2D eigenvalue weighted by Gasteiger charge is 2.26. The summed E-state index contributed by atoms with van der Waals surface area (Å²) in [5, 5.41) is 5.18. The third kappa shape index (κ3) is 2.58. The number of rotatable bonds is 3. The third-order valence-corrected chi connectivity index (χ3v) is 3.81. The smallest absolute Gasteiger partial charge is 0.263 e. The summed E-state index contributed by atoms with van der Waals surface area (Å²) in [6.45, 7) is 1.77. The van der Waals surface area contributed by atoms with Gasteiger partial charge in [-0.2, -0.15) is 0 Å². The van der Waals surface area contributed by atoms with Crippen molar-refractivity contribution in [1.29, 1.82) is 0 Å². The fraction of sp³-hybridized carbons (Fsp3) is 0.308. The number of thiazole rings is 1. The molecule has 19 heavy (non-hydrogen) atoms. The number of aromatic amines is 1. The second kappa shape index (κ2) is 4.62. The second-order valence-corrected chi connectivity index (χ2v) is 5.55. The molecule has 98 valence electrons. The molecule has 0 radical (unpaired) electrons. The molecule has 2 aromatic rings. The van der Waals surface area contributed by atoms with Crippen LogP contribution in [0.25, 0.3) is 0 Å². The van der Waals surface area contributed by atoms with Crippen LogP contribution < -0.4 is 10.9 Å². The number of nitrogens with zero attached hydrogens (tertiary/aromatic N) is 1. The standard InChI is InChI=1S/C13H13N3O2S/c1-7-2-5-9(11(17)14-7)12(18)16-13-15-10(6-19-13)8-3-4-8/h2,5-6,8H,3-4H2,1H3,(H,14,17)(H,15,16,18). The summed E-state index contributed by atoms with van der Waals surface area (Å²) in [6.07, 6.45) is 2.35. The van der Waals surface area contributed by atoms with Gasteiger partial charge < -0.3 is 4.98 Å². The van der Waals surface area contributed by atoms with Crippen LogP contribution in [0.1, 0.15) is 40.5 Å². The van der Waals surface area contributed by atoms with Gasteiger partial charge in [0.1, 0.15) is 5.56 Å². The lowest BCUT2D eigenvalue weighted by molar-refractivity contribution is 0.102. The first-order valence-corrected chi connectivity index (χ1v) is 6.98. The van der Waals surface area contributed by atoms with E-state index in [0.717, 1.165) is 11.4 Å². The number of aromatic nitrogens is 2. The molecule has 0 aromatic carbocycles. The van der Waals surface area contributed by atoms with E-state index in [1.54, 1.807) is 13.0 Å². The molecule has 0 atom stereocenters. The molecule has 0 saturated heterocycles. The van der Waals surface area contributed by atoms with Gasteiger partial charge in [-0.1, -0.05) is 0 Å². The molecule has 0 bridgehead atoms. The molecule has 1 aliphatic carbocycles. The number of anilines is 1. The lowest BCUT2D eigenvalue weighted by atomic mass is 10.2. The van der Waals surface area contributed by atoms with Crippen molar-refractivity contribution < 1.29 is 4.79 Å². The molecule has 0 aliphatic heterocycles. The van der Waals surface area contributed by atoms with Gasteiger partial charge >= 0.3 is 0 Å².